The van der Waals surface area contributed by atoms with Gasteiger partial charge in [-0.05, 0) is 26.8 Å². The maximum atomic E-state index is 4.72. The Hall–Kier alpha value is -1.01. The zero-order chi connectivity index (χ0) is 14.3. The van der Waals surface area contributed by atoms with E-state index in [0.717, 1.165) is 29.5 Å². The van der Waals surface area contributed by atoms with E-state index in [-0.39, 0.29) is 4.75 Å². The second kappa shape index (κ2) is 5.07. The second-order valence-electron chi connectivity index (χ2n) is 5.73. The topological polar surface area (TPSA) is 41.1 Å². The molecule has 0 radical (unpaired) electrons. The van der Waals surface area contributed by atoms with Crippen LogP contribution in [0.4, 0.5) is 11.8 Å². The molecular weight excluding hydrogens is 288 g/mol. The van der Waals surface area contributed by atoms with Crippen molar-refractivity contribution in [2.75, 3.05) is 36.1 Å². The molecule has 1 fully saturated rings. The summed E-state index contributed by atoms with van der Waals surface area (Å²) in [6, 6.07) is 2.21. The number of nitrogens with zero attached hydrogens (tertiary/aromatic N) is 3. The van der Waals surface area contributed by atoms with Gasteiger partial charge >= 0.3 is 0 Å². The van der Waals surface area contributed by atoms with Crippen molar-refractivity contribution >= 4 is 45.1 Å². The van der Waals surface area contributed by atoms with E-state index in [1.54, 1.807) is 11.3 Å². The number of aryl methyl sites for hydroxylation is 1. The fraction of sp³-hybridized carbons (Fsp3) is 0.571. The number of hydrogen-bond donors (Lipinski definition) is 1. The molecule has 1 N–H and O–H groups in total. The summed E-state index contributed by atoms with van der Waals surface area (Å²) >= 11 is 3.78. The molecule has 1 aliphatic heterocycles. The van der Waals surface area contributed by atoms with Crippen molar-refractivity contribution in [1.82, 2.24) is 9.97 Å². The zero-order valence-electron chi connectivity index (χ0n) is 12.4. The number of rotatable bonds is 2. The molecule has 0 unspecified atom stereocenters. The maximum Gasteiger partial charge on any atom is 0.225 e. The summed E-state index contributed by atoms with van der Waals surface area (Å²) in [6.07, 6.45) is 0. The van der Waals surface area contributed by atoms with Gasteiger partial charge in [-0.25, -0.2) is 4.98 Å². The van der Waals surface area contributed by atoms with Crippen LogP contribution in [-0.4, -0.2) is 40.6 Å². The van der Waals surface area contributed by atoms with Gasteiger partial charge in [0.15, 0.2) is 0 Å². The number of nitrogens with one attached hydrogen (secondary N) is 1. The van der Waals surface area contributed by atoms with Crippen LogP contribution >= 0.6 is 23.1 Å². The number of thioether (sulfide) groups is 1. The van der Waals surface area contributed by atoms with Crippen molar-refractivity contribution in [3.8, 4) is 0 Å². The Morgan fingerprint density at radius 2 is 2.15 bits per heavy atom. The summed E-state index contributed by atoms with van der Waals surface area (Å²) in [4.78, 5) is 14.1. The number of anilines is 2. The van der Waals surface area contributed by atoms with Crippen LogP contribution < -0.4 is 10.2 Å². The largest absolute Gasteiger partial charge is 0.357 e. The molecule has 2 aromatic heterocycles. The smallest absolute Gasteiger partial charge is 0.225 e. The molecule has 6 heteroatoms. The Balaban J connectivity index is 2.09. The molecule has 0 spiro atoms. The van der Waals surface area contributed by atoms with E-state index in [1.165, 1.54) is 10.3 Å². The fourth-order valence-corrected chi connectivity index (χ4v) is 4.56. The van der Waals surface area contributed by atoms with Crippen LogP contribution in [0.25, 0.3) is 10.2 Å². The van der Waals surface area contributed by atoms with E-state index >= 15 is 0 Å². The van der Waals surface area contributed by atoms with Crippen molar-refractivity contribution in [2.45, 2.75) is 25.5 Å². The lowest BCUT2D eigenvalue weighted by Crippen LogP contribution is -2.43. The molecule has 0 amide bonds. The minimum Gasteiger partial charge on any atom is -0.357 e. The van der Waals surface area contributed by atoms with Gasteiger partial charge in [0.1, 0.15) is 10.6 Å². The molecule has 0 atom stereocenters. The zero-order valence-corrected chi connectivity index (χ0v) is 14.0. The number of thiophene rings is 1. The van der Waals surface area contributed by atoms with Gasteiger partial charge in [-0.15, -0.1) is 11.3 Å². The van der Waals surface area contributed by atoms with Crippen molar-refractivity contribution < 1.29 is 0 Å². The van der Waals surface area contributed by atoms with E-state index in [4.69, 9.17) is 4.98 Å². The third-order valence-electron chi connectivity index (χ3n) is 3.44. The first-order valence-corrected chi connectivity index (χ1v) is 8.63. The van der Waals surface area contributed by atoms with Crippen molar-refractivity contribution in [2.24, 2.45) is 0 Å². The lowest BCUT2D eigenvalue weighted by Gasteiger charge is -2.38. The molecule has 1 saturated heterocycles. The highest BCUT2D eigenvalue weighted by Gasteiger charge is 2.29. The van der Waals surface area contributed by atoms with Crippen molar-refractivity contribution in [1.29, 1.82) is 0 Å². The summed E-state index contributed by atoms with van der Waals surface area (Å²) in [7, 11) is 1.88. The maximum absolute atomic E-state index is 4.72. The molecule has 1 aliphatic rings. The quantitative estimate of drug-likeness (QED) is 0.921. The van der Waals surface area contributed by atoms with E-state index in [2.05, 4.69) is 42.0 Å². The molecule has 4 nitrogen and oxygen atoms in total. The van der Waals surface area contributed by atoms with Gasteiger partial charge < -0.3 is 10.2 Å². The van der Waals surface area contributed by atoms with Gasteiger partial charge in [0, 0.05) is 35.5 Å². The van der Waals surface area contributed by atoms with Crippen molar-refractivity contribution in [3.05, 3.63) is 10.9 Å². The van der Waals surface area contributed by atoms with Crippen LogP contribution in [-0.2, 0) is 0 Å². The summed E-state index contributed by atoms with van der Waals surface area (Å²) in [6.45, 7) is 8.82. The van der Waals surface area contributed by atoms with Crippen LogP contribution in [0.2, 0.25) is 0 Å². The number of fused-ring (bicyclic) bond motifs is 1. The second-order valence-corrected chi connectivity index (χ2v) is 8.76. The fourth-order valence-electron chi connectivity index (χ4n) is 2.58. The van der Waals surface area contributed by atoms with Gasteiger partial charge in [0.25, 0.3) is 0 Å². The van der Waals surface area contributed by atoms with E-state index in [1.807, 2.05) is 18.8 Å². The Bertz CT molecular complexity index is 635. The minimum absolute atomic E-state index is 0.278. The standard InChI is InChI=1S/C14H20N4S2/c1-9-7-10-11(16-13(15-4)17-12(10)20-9)18-5-6-19-14(2,3)8-18/h7H,5-6,8H2,1-4H3,(H,15,16,17). The molecule has 0 bridgehead atoms. The Kier molecular flexibility index (Phi) is 3.54. The van der Waals surface area contributed by atoms with Gasteiger partial charge in [-0.3, -0.25) is 0 Å². The minimum atomic E-state index is 0.278. The lowest BCUT2D eigenvalue weighted by atomic mass is 10.2. The Labute approximate surface area is 128 Å². The highest BCUT2D eigenvalue weighted by Crippen LogP contribution is 2.36. The molecule has 108 valence electrons. The van der Waals surface area contributed by atoms with E-state index < -0.39 is 0 Å². The van der Waals surface area contributed by atoms with Gasteiger partial charge in [0.2, 0.25) is 5.95 Å². The summed E-state index contributed by atoms with van der Waals surface area (Å²) in [5.41, 5.74) is 0. The third kappa shape index (κ3) is 2.59. The molecular formula is C14H20N4S2. The Morgan fingerprint density at radius 3 is 2.85 bits per heavy atom. The first-order valence-electron chi connectivity index (χ1n) is 6.83. The predicted octanol–water partition coefficient (Wildman–Crippen LogP) is 3.37. The first kappa shape index (κ1) is 13.9. The molecule has 2 aromatic rings. The molecule has 0 aliphatic carbocycles. The Morgan fingerprint density at radius 1 is 1.35 bits per heavy atom. The van der Waals surface area contributed by atoms with Crippen LogP contribution in [0, 0.1) is 6.92 Å². The summed E-state index contributed by atoms with van der Waals surface area (Å²) in [5, 5.41) is 4.27. The highest BCUT2D eigenvalue weighted by atomic mass is 32.2. The third-order valence-corrected chi connectivity index (χ3v) is 5.69. The molecule has 3 rings (SSSR count). The number of aromatic nitrogens is 2. The molecule has 20 heavy (non-hydrogen) atoms. The van der Waals surface area contributed by atoms with Crippen LogP contribution in [0.3, 0.4) is 0 Å². The predicted molar refractivity (Wildman–Crippen MR) is 90.4 cm³/mol. The first-order chi connectivity index (χ1) is 9.48. The molecule has 3 heterocycles. The molecule has 0 aromatic carbocycles. The van der Waals surface area contributed by atoms with E-state index in [0.29, 0.717) is 5.95 Å². The normalized spacial score (nSPS) is 18.5. The van der Waals surface area contributed by atoms with Crippen LogP contribution in [0.1, 0.15) is 18.7 Å². The van der Waals surface area contributed by atoms with Gasteiger partial charge in [-0.1, -0.05) is 0 Å². The molecule has 0 saturated carbocycles. The average molecular weight is 308 g/mol. The summed E-state index contributed by atoms with van der Waals surface area (Å²) < 4.78 is 0.278. The van der Waals surface area contributed by atoms with Gasteiger partial charge in [0.05, 0.1) is 5.39 Å². The lowest BCUT2D eigenvalue weighted by molar-refractivity contribution is 0.644. The highest BCUT2D eigenvalue weighted by molar-refractivity contribution is 8.00. The van der Waals surface area contributed by atoms with Crippen LogP contribution in [0.5, 0.6) is 0 Å². The monoisotopic (exact) mass is 308 g/mol. The SMILES string of the molecule is CNc1nc(N2CCSC(C)(C)C2)c2cc(C)sc2n1. The summed E-state index contributed by atoms with van der Waals surface area (Å²) in [5.74, 6) is 2.94. The van der Waals surface area contributed by atoms with E-state index in [9.17, 15) is 0 Å². The average Bonchev–Trinajstić information content (AvgIpc) is 2.76. The number of hydrogen-bond acceptors (Lipinski definition) is 6. The van der Waals surface area contributed by atoms with Crippen molar-refractivity contribution in [3.63, 3.8) is 0 Å². The van der Waals surface area contributed by atoms with Gasteiger partial charge in [-0.2, -0.15) is 16.7 Å². The van der Waals surface area contributed by atoms with Crippen LogP contribution in [0.15, 0.2) is 6.07 Å².